The number of carbonyl (C=O) groups is 2. The molecule has 0 saturated carbocycles. The minimum absolute atomic E-state index is 0.00660. The number of alkyl halides is 3. The summed E-state index contributed by atoms with van der Waals surface area (Å²) >= 11 is 7.04. The Morgan fingerprint density at radius 2 is 1.75 bits per heavy atom. The van der Waals surface area contributed by atoms with E-state index in [9.17, 15) is 27.9 Å². The van der Waals surface area contributed by atoms with E-state index in [1.165, 1.54) is 20.3 Å². The van der Waals surface area contributed by atoms with Gasteiger partial charge in [0.1, 0.15) is 17.5 Å². The van der Waals surface area contributed by atoms with Crippen molar-refractivity contribution in [3.05, 3.63) is 87.2 Å². The first-order chi connectivity index (χ1) is 26.8. The summed E-state index contributed by atoms with van der Waals surface area (Å²) < 4.78 is 76.1. The summed E-state index contributed by atoms with van der Waals surface area (Å²) in [6, 6.07) is 13.0. The van der Waals surface area contributed by atoms with Crippen molar-refractivity contribution in [3.63, 3.8) is 0 Å². The first-order valence-electron chi connectivity index (χ1n) is 18.3. The number of benzene rings is 2. The Hall–Kier alpha value is -4.99. The molecule has 16 heteroatoms. The maximum Gasteiger partial charge on any atom is 0.421 e. The number of pyridine rings is 2. The summed E-state index contributed by atoms with van der Waals surface area (Å²) in [4.78, 5) is 33.5. The van der Waals surface area contributed by atoms with E-state index >= 15 is 4.39 Å². The predicted octanol–water partition coefficient (Wildman–Crippen LogP) is 6.98. The summed E-state index contributed by atoms with van der Waals surface area (Å²) in [5, 5.41) is 15.7. The number of amides is 1. The van der Waals surface area contributed by atoms with Gasteiger partial charge in [0.05, 0.1) is 36.4 Å². The zero-order chi connectivity index (χ0) is 39.7. The van der Waals surface area contributed by atoms with E-state index in [1.54, 1.807) is 29.2 Å². The molecule has 2 fully saturated rings. The van der Waals surface area contributed by atoms with Crippen molar-refractivity contribution < 1.29 is 46.5 Å². The SMILES string of the molecule is COc1nc(O[C@H]2CCc3c(-c4cccc(-c5cc(F)c(CNC[C@@H]6CCC(=O)N6)c(OC)n5)c4Cl)cccc32)c(C(F)(F)F)cc1CN1CC[C@@H](C(=O)O)C1. The highest BCUT2D eigenvalue weighted by atomic mass is 35.5. The highest BCUT2D eigenvalue weighted by Gasteiger charge is 2.39. The average Bonchev–Trinajstić information content (AvgIpc) is 3.92. The molecule has 0 unspecified atom stereocenters. The first-order valence-corrected chi connectivity index (χ1v) is 18.6. The molecule has 0 bridgehead atoms. The number of carboxylic acid groups (broad SMARTS) is 1. The third-order valence-electron chi connectivity index (χ3n) is 10.6. The Balaban J connectivity index is 1.14. The van der Waals surface area contributed by atoms with Gasteiger partial charge in [-0.2, -0.15) is 18.2 Å². The van der Waals surface area contributed by atoms with Crippen molar-refractivity contribution in [2.24, 2.45) is 5.92 Å². The lowest BCUT2D eigenvalue weighted by Gasteiger charge is -2.22. The number of methoxy groups -OCH3 is 2. The smallest absolute Gasteiger partial charge is 0.421 e. The van der Waals surface area contributed by atoms with Crippen LogP contribution in [0.2, 0.25) is 5.02 Å². The highest BCUT2D eigenvalue weighted by Crippen LogP contribution is 2.46. The van der Waals surface area contributed by atoms with Crippen molar-refractivity contribution in [2.45, 2.75) is 63.5 Å². The summed E-state index contributed by atoms with van der Waals surface area (Å²) in [5.41, 5.74) is 2.95. The molecule has 3 atom stereocenters. The topological polar surface area (TPSA) is 135 Å². The second-order valence-corrected chi connectivity index (χ2v) is 14.5. The number of aliphatic carboxylic acids is 1. The van der Waals surface area contributed by atoms with Crippen molar-refractivity contribution in [1.29, 1.82) is 0 Å². The minimum atomic E-state index is -4.80. The number of fused-ring (bicyclic) bond motifs is 1. The molecule has 1 amide bonds. The van der Waals surface area contributed by atoms with E-state index in [0.29, 0.717) is 66.9 Å². The lowest BCUT2D eigenvalue weighted by atomic mass is 9.94. The fourth-order valence-corrected chi connectivity index (χ4v) is 8.10. The van der Waals surface area contributed by atoms with Gasteiger partial charge in [0.15, 0.2) is 0 Å². The quantitative estimate of drug-likeness (QED) is 0.122. The number of rotatable bonds is 13. The molecule has 2 aromatic heterocycles. The van der Waals surface area contributed by atoms with Gasteiger partial charge in [0.2, 0.25) is 23.5 Å². The van der Waals surface area contributed by atoms with E-state index in [0.717, 1.165) is 17.2 Å². The molecule has 2 aromatic carbocycles. The van der Waals surface area contributed by atoms with Gasteiger partial charge in [0.25, 0.3) is 0 Å². The van der Waals surface area contributed by atoms with Crippen LogP contribution in [0.1, 0.15) is 59.6 Å². The number of hydrogen-bond acceptors (Lipinski definition) is 9. The van der Waals surface area contributed by atoms with Gasteiger partial charge in [-0.3, -0.25) is 14.5 Å². The van der Waals surface area contributed by atoms with Crippen LogP contribution in [0.4, 0.5) is 17.6 Å². The summed E-state index contributed by atoms with van der Waals surface area (Å²) in [6.45, 7) is 1.27. The van der Waals surface area contributed by atoms with Crippen LogP contribution >= 0.6 is 11.6 Å². The number of nitrogens with one attached hydrogen (secondary N) is 2. The lowest BCUT2D eigenvalue weighted by Crippen LogP contribution is -2.35. The van der Waals surface area contributed by atoms with Crippen molar-refractivity contribution in [2.75, 3.05) is 33.9 Å². The molecule has 2 aliphatic heterocycles. The van der Waals surface area contributed by atoms with E-state index in [2.05, 4.69) is 20.6 Å². The Labute approximate surface area is 325 Å². The van der Waals surface area contributed by atoms with Crippen molar-refractivity contribution in [3.8, 4) is 40.0 Å². The minimum Gasteiger partial charge on any atom is -0.481 e. The Bertz CT molecular complexity index is 2150. The van der Waals surface area contributed by atoms with E-state index in [-0.39, 0.29) is 60.2 Å². The number of nitrogens with zero attached hydrogens (tertiary/aromatic N) is 3. The Kier molecular flexibility index (Phi) is 11.4. The normalized spacial score (nSPS) is 19.6. The van der Waals surface area contributed by atoms with Crippen LogP contribution in [0.15, 0.2) is 48.5 Å². The molecule has 4 aromatic rings. The maximum atomic E-state index is 15.6. The standard InChI is InChI=1S/C40H40ClF4N5O6/c1-54-36-22(20-50-14-13-21(19-50)39(52)53)15-30(40(43,44)45)38(49-36)56-33-11-10-25-24(5-3-6-26(25)33)27-7-4-8-28(35(27)41)32-16-31(42)29(37(48-32)55-2)18-46-17-23-9-12-34(51)47-23/h3-8,15-16,21,23,33,46H,9-14,17-20H2,1-2H3,(H,47,51)(H,52,53)/t21-,23+,33+/m1/s1. The average molecular weight is 798 g/mol. The second kappa shape index (κ2) is 16.2. The first kappa shape index (κ1) is 39.3. The van der Waals surface area contributed by atoms with Gasteiger partial charge in [0, 0.05) is 61.4 Å². The maximum absolute atomic E-state index is 15.6. The zero-order valence-corrected chi connectivity index (χ0v) is 31.4. The number of ether oxygens (including phenoxy) is 3. The Morgan fingerprint density at radius 1 is 1.00 bits per heavy atom. The van der Waals surface area contributed by atoms with Gasteiger partial charge >= 0.3 is 12.1 Å². The van der Waals surface area contributed by atoms with Crippen LogP contribution in [0.5, 0.6) is 17.6 Å². The summed E-state index contributed by atoms with van der Waals surface area (Å²) in [7, 11) is 2.72. The third-order valence-corrected chi connectivity index (χ3v) is 11.0. The van der Waals surface area contributed by atoms with E-state index in [4.69, 9.17) is 25.8 Å². The number of carbonyl (C=O) groups excluding carboxylic acids is 1. The van der Waals surface area contributed by atoms with Crippen LogP contribution in [0.25, 0.3) is 22.4 Å². The fourth-order valence-electron chi connectivity index (χ4n) is 7.77. The van der Waals surface area contributed by atoms with Gasteiger partial charge in [-0.25, -0.2) is 9.37 Å². The highest BCUT2D eigenvalue weighted by molar-refractivity contribution is 6.36. The van der Waals surface area contributed by atoms with Gasteiger partial charge < -0.3 is 30.0 Å². The van der Waals surface area contributed by atoms with Crippen LogP contribution < -0.4 is 24.8 Å². The number of carboxylic acids is 1. The van der Waals surface area contributed by atoms with Crippen molar-refractivity contribution in [1.82, 2.24) is 25.5 Å². The van der Waals surface area contributed by atoms with E-state index < -0.39 is 41.4 Å². The van der Waals surface area contributed by atoms with E-state index in [1.807, 2.05) is 12.1 Å². The molecule has 3 aliphatic rings. The summed E-state index contributed by atoms with van der Waals surface area (Å²) in [5.74, 6) is -2.65. The molecule has 4 heterocycles. The number of halogens is 5. The van der Waals surface area contributed by atoms with Crippen molar-refractivity contribution >= 4 is 23.5 Å². The second-order valence-electron chi connectivity index (χ2n) is 14.2. The van der Waals surface area contributed by atoms with Crippen LogP contribution in [0, 0.1) is 11.7 Å². The zero-order valence-electron chi connectivity index (χ0n) is 30.6. The molecular weight excluding hydrogens is 758 g/mol. The van der Waals surface area contributed by atoms with Gasteiger partial charge in [-0.1, -0.05) is 48.0 Å². The molecule has 56 heavy (non-hydrogen) atoms. The number of likely N-dealkylation sites (tertiary alicyclic amines) is 1. The van der Waals surface area contributed by atoms with Crippen LogP contribution in [-0.2, 0) is 35.3 Å². The molecule has 2 saturated heterocycles. The lowest BCUT2D eigenvalue weighted by molar-refractivity contribution is -0.141. The van der Waals surface area contributed by atoms with Gasteiger partial charge in [-0.15, -0.1) is 0 Å². The van der Waals surface area contributed by atoms with Crippen LogP contribution in [0.3, 0.4) is 0 Å². The predicted molar refractivity (Wildman–Crippen MR) is 198 cm³/mol. The summed E-state index contributed by atoms with van der Waals surface area (Å²) in [6.07, 6.45) is -3.16. The number of hydrogen-bond donors (Lipinski definition) is 3. The molecule has 296 valence electrons. The number of aromatic nitrogens is 2. The molecule has 0 radical (unpaired) electrons. The molecule has 0 spiro atoms. The molecule has 11 nitrogen and oxygen atoms in total. The van der Waals surface area contributed by atoms with Gasteiger partial charge in [-0.05, 0) is 55.0 Å². The molecule has 1 aliphatic carbocycles. The fraction of sp³-hybridized carbons (Fsp3) is 0.400. The Morgan fingerprint density at radius 3 is 2.45 bits per heavy atom. The monoisotopic (exact) mass is 797 g/mol. The molecule has 7 rings (SSSR count). The third kappa shape index (κ3) is 8.11. The molecule has 3 N–H and O–H groups in total. The van der Waals surface area contributed by atoms with Crippen LogP contribution in [-0.4, -0.2) is 71.7 Å². The molecular formula is C40H40ClF4N5O6. The largest absolute Gasteiger partial charge is 0.481 e.